The number of carbonyl (C=O) groups is 1. The Labute approximate surface area is 129 Å². The van der Waals surface area contributed by atoms with Crippen molar-refractivity contribution in [3.05, 3.63) is 23.2 Å². The molecule has 0 aromatic heterocycles. The van der Waals surface area contributed by atoms with E-state index in [0.717, 1.165) is 0 Å². The summed E-state index contributed by atoms with van der Waals surface area (Å²) >= 11 is 5.86. The lowest BCUT2D eigenvalue weighted by Gasteiger charge is -2.25. The smallest absolute Gasteiger partial charge is 0.303 e. The minimum atomic E-state index is -3.80. The normalized spacial score (nSPS) is 12.2. The first kappa shape index (κ1) is 17.7. The predicted molar refractivity (Wildman–Crippen MR) is 79.3 cm³/mol. The number of rotatable bonds is 7. The maximum Gasteiger partial charge on any atom is 0.303 e. The van der Waals surface area contributed by atoms with Crippen LogP contribution in [0.1, 0.15) is 26.7 Å². The molecule has 8 heteroatoms. The van der Waals surface area contributed by atoms with Crippen LogP contribution in [-0.2, 0) is 14.8 Å². The zero-order chi connectivity index (χ0) is 16.3. The summed E-state index contributed by atoms with van der Waals surface area (Å²) in [5.41, 5.74) is -0.885. The molecule has 0 amide bonds. The molecule has 0 saturated carbocycles. The van der Waals surface area contributed by atoms with E-state index in [9.17, 15) is 13.2 Å². The van der Waals surface area contributed by atoms with Crippen LogP contribution < -0.4 is 9.46 Å². The Balaban J connectivity index is 2.98. The van der Waals surface area contributed by atoms with E-state index in [1.807, 2.05) is 0 Å². The van der Waals surface area contributed by atoms with Crippen LogP contribution in [0.25, 0.3) is 0 Å². The van der Waals surface area contributed by atoms with Crippen molar-refractivity contribution in [2.75, 3.05) is 7.11 Å². The van der Waals surface area contributed by atoms with Crippen molar-refractivity contribution in [2.24, 2.45) is 0 Å². The molecule has 21 heavy (non-hydrogen) atoms. The van der Waals surface area contributed by atoms with Crippen molar-refractivity contribution in [2.45, 2.75) is 37.1 Å². The summed E-state index contributed by atoms with van der Waals surface area (Å²) in [6.45, 7) is 3.25. The molecule has 1 aromatic carbocycles. The van der Waals surface area contributed by atoms with Gasteiger partial charge in [0.25, 0.3) is 0 Å². The van der Waals surface area contributed by atoms with Crippen molar-refractivity contribution in [1.29, 1.82) is 0 Å². The molecular weight excluding hydrogens is 318 g/mol. The highest BCUT2D eigenvalue weighted by atomic mass is 35.5. The summed E-state index contributed by atoms with van der Waals surface area (Å²) in [5, 5.41) is 8.99. The minimum absolute atomic E-state index is 0.00662. The van der Waals surface area contributed by atoms with Crippen LogP contribution in [0.3, 0.4) is 0 Å². The lowest BCUT2D eigenvalue weighted by molar-refractivity contribution is -0.137. The fraction of sp³-hybridized carbons (Fsp3) is 0.462. The van der Waals surface area contributed by atoms with Gasteiger partial charge in [0.2, 0.25) is 10.0 Å². The average Bonchev–Trinajstić information content (AvgIpc) is 2.35. The Kier molecular flexibility index (Phi) is 5.61. The monoisotopic (exact) mass is 335 g/mol. The maximum absolute atomic E-state index is 12.3. The molecular formula is C13H18ClNO5S. The molecule has 118 valence electrons. The van der Waals surface area contributed by atoms with Crippen molar-refractivity contribution in [1.82, 2.24) is 4.72 Å². The number of halogens is 1. The topological polar surface area (TPSA) is 92.7 Å². The van der Waals surface area contributed by atoms with Crippen LogP contribution in [-0.4, -0.2) is 32.1 Å². The molecule has 0 heterocycles. The number of carboxylic acid groups (broad SMARTS) is 1. The molecule has 2 N–H and O–H groups in total. The zero-order valence-electron chi connectivity index (χ0n) is 12.0. The second-order valence-corrected chi connectivity index (χ2v) is 7.27. The molecule has 0 saturated heterocycles. The number of benzene rings is 1. The molecule has 1 rings (SSSR count). The average molecular weight is 336 g/mol. The Morgan fingerprint density at radius 3 is 2.57 bits per heavy atom. The number of hydrogen-bond donors (Lipinski definition) is 2. The third kappa shape index (κ3) is 5.18. The number of sulfonamides is 1. The van der Waals surface area contributed by atoms with E-state index >= 15 is 0 Å². The summed E-state index contributed by atoms with van der Waals surface area (Å²) in [6.07, 6.45) is 0.0474. The van der Waals surface area contributed by atoms with Gasteiger partial charge in [0.1, 0.15) is 5.75 Å². The number of aliphatic carboxylic acids is 1. The highest BCUT2D eigenvalue weighted by molar-refractivity contribution is 7.89. The number of hydrogen-bond acceptors (Lipinski definition) is 4. The van der Waals surface area contributed by atoms with Crippen LogP contribution >= 0.6 is 11.6 Å². The Morgan fingerprint density at radius 1 is 1.43 bits per heavy atom. The van der Waals surface area contributed by atoms with E-state index in [0.29, 0.717) is 5.02 Å². The van der Waals surface area contributed by atoms with Gasteiger partial charge in [0, 0.05) is 18.0 Å². The SMILES string of the molecule is COc1cc(S(=O)(=O)NC(C)(C)CCC(=O)O)ccc1Cl. The third-order valence-electron chi connectivity index (χ3n) is 2.81. The van der Waals surface area contributed by atoms with Gasteiger partial charge in [-0.2, -0.15) is 0 Å². The van der Waals surface area contributed by atoms with E-state index < -0.39 is 21.5 Å². The molecule has 0 aliphatic rings. The highest BCUT2D eigenvalue weighted by Crippen LogP contribution is 2.27. The van der Waals surface area contributed by atoms with Crippen LogP contribution in [0.2, 0.25) is 5.02 Å². The van der Waals surface area contributed by atoms with E-state index in [2.05, 4.69) is 4.72 Å². The van der Waals surface area contributed by atoms with Gasteiger partial charge in [-0.05, 0) is 32.4 Å². The van der Waals surface area contributed by atoms with Crippen LogP contribution in [0.4, 0.5) is 0 Å². The first-order valence-electron chi connectivity index (χ1n) is 6.17. The first-order chi connectivity index (χ1) is 9.57. The van der Waals surface area contributed by atoms with Crippen molar-refractivity contribution in [3.8, 4) is 5.75 Å². The lowest BCUT2D eigenvalue weighted by atomic mass is 10.0. The predicted octanol–water partition coefficient (Wildman–Crippen LogP) is 2.27. The quantitative estimate of drug-likeness (QED) is 0.797. The Hall–Kier alpha value is -1.31. The summed E-state index contributed by atoms with van der Waals surface area (Å²) in [4.78, 5) is 10.6. The van der Waals surface area contributed by atoms with E-state index in [1.165, 1.54) is 25.3 Å². The highest BCUT2D eigenvalue weighted by Gasteiger charge is 2.27. The standard InChI is InChI=1S/C13H18ClNO5S/c1-13(2,7-6-12(16)17)15-21(18,19)9-4-5-10(14)11(8-9)20-3/h4-5,8,15H,6-7H2,1-3H3,(H,16,17). The van der Waals surface area contributed by atoms with E-state index in [-0.39, 0.29) is 23.5 Å². The molecule has 0 aliphatic carbocycles. The van der Waals surface area contributed by atoms with E-state index in [4.69, 9.17) is 21.4 Å². The summed E-state index contributed by atoms with van der Waals surface area (Å²) < 4.78 is 32.1. The summed E-state index contributed by atoms with van der Waals surface area (Å²) in [5.74, 6) is -0.724. The van der Waals surface area contributed by atoms with Crippen LogP contribution in [0.15, 0.2) is 23.1 Å². The Morgan fingerprint density at radius 2 is 2.05 bits per heavy atom. The molecule has 0 atom stereocenters. The maximum atomic E-state index is 12.3. The molecule has 0 unspecified atom stereocenters. The number of carboxylic acids is 1. The molecule has 0 fully saturated rings. The molecule has 0 bridgehead atoms. The van der Waals surface area contributed by atoms with Gasteiger partial charge in [-0.15, -0.1) is 0 Å². The molecule has 6 nitrogen and oxygen atoms in total. The first-order valence-corrected chi connectivity index (χ1v) is 8.03. The van der Waals surface area contributed by atoms with Crippen molar-refractivity contribution >= 4 is 27.6 Å². The summed E-state index contributed by atoms with van der Waals surface area (Å²) in [6, 6.07) is 4.11. The van der Waals surface area contributed by atoms with Gasteiger partial charge in [-0.1, -0.05) is 11.6 Å². The van der Waals surface area contributed by atoms with Crippen molar-refractivity contribution in [3.63, 3.8) is 0 Å². The van der Waals surface area contributed by atoms with E-state index in [1.54, 1.807) is 13.8 Å². The molecule has 0 radical (unpaired) electrons. The van der Waals surface area contributed by atoms with Gasteiger partial charge in [-0.3, -0.25) is 4.79 Å². The molecule has 0 aliphatic heterocycles. The lowest BCUT2D eigenvalue weighted by Crippen LogP contribution is -2.43. The van der Waals surface area contributed by atoms with Gasteiger partial charge in [0.05, 0.1) is 17.0 Å². The molecule has 1 aromatic rings. The largest absolute Gasteiger partial charge is 0.495 e. The van der Waals surface area contributed by atoms with Crippen molar-refractivity contribution < 1.29 is 23.1 Å². The number of nitrogens with one attached hydrogen (secondary N) is 1. The molecule has 0 spiro atoms. The van der Waals surface area contributed by atoms with Crippen LogP contribution in [0.5, 0.6) is 5.75 Å². The van der Waals surface area contributed by atoms with Gasteiger partial charge >= 0.3 is 5.97 Å². The second kappa shape index (κ2) is 6.64. The van der Waals surface area contributed by atoms with Crippen LogP contribution in [0, 0.1) is 0 Å². The fourth-order valence-corrected chi connectivity index (χ4v) is 3.35. The second-order valence-electron chi connectivity index (χ2n) is 5.18. The zero-order valence-corrected chi connectivity index (χ0v) is 13.6. The minimum Gasteiger partial charge on any atom is -0.495 e. The number of methoxy groups -OCH3 is 1. The van der Waals surface area contributed by atoms with Gasteiger partial charge < -0.3 is 9.84 Å². The Bertz CT molecular complexity index is 627. The number of ether oxygens (including phenoxy) is 1. The van der Waals surface area contributed by atoms with Gasteiger partial charge in [-0.25, -0.2) is 13.1 Å². The summed E-state index contributed by atoms with van der Waals surface area (Å²) in [7, 11) is -2.41. The third-order valence-corrected chi connectivity index (χ3v) is 4.82. The fourth-order valence-electron chi connectivity index (χ4n) is 1.70. The van der Waals surface area contributed by atoms with Gasteiger partial charge in [0.15, 0.2) is 0 Å².